The molecule has 0 bridgehead atoms. The monoisotopic (exact) mass is 445 g/mol. The summed E-state index contributed by atoms with van der Waals surface area (Å²) in [5, 5.41) is 0.992. The van der Waals surface area contributed by atoms with Crippen molar-refractivity contribution in [2.45, 2.75) is 33.9 Å². The molecular formula is C14H16Cl2F3N5S2. The average molecular weight is 446 g/mol. The summed E-state index contributed by atoms with van der Waals surface area (Å²) in [4.78, 5) is 11.8. The van der Waals surface area contributed by atoms with E-state index in [1.165, 1.54) is 35.3 Å². The van der Waals surface area contributed by atoms with Gasteiger partial charge in [-0.3, -0.25) is 4.98 Å². The third-order valence-corrected chi connectivity index (χ3v) is 5.49. The van der Waals surface area contributed by atoms with Gasteiger partial charge in [0.25, 0.3) is 0 Å². The number of hydrogen-bond donors (Lipinski definition) is 2. The van der Waals surface area contributed by atoms with E-state index in [1.807, 2.05) is 13.8 Å². The smallest absolute Gasteiger partial charge is 0.315 e. The standard InChI is InChI=1S/C6H5F3N2.C4H3Cl2NS.C4H8N2S/c1-4-5(6(7,8)9)11-3-2-10-4;1-2-3(5)4(6)7-8-2;1-3-4(2)7-6-5-3/h2-3H,1H3;1H3;5-6H,1-2H3. The number of rotatable bonds is 0. The Morgan fingerprint density at radius 3 is 1.88 bits per heavy atom. The van der Waals surface area contributed by atoms with Crippen LogP contribution in [0, 0.1) is 13.8 Å². The van der Waals surface area contributed by atoms with Gasteiger partial charge in [0.15, 0.2) is 10.8 Å². The van der Waals surface area contributed by atoms with Crippen LogP contribution >= 0.6 is 46.7 Å². The van der Waals surface area contributed by atoms with E-state index in [4.69, 9.17) is 23.2 Å². The predicted molar refractivity (Wildman–Crippen MR) is 101 cm³/mol. The molecule has 0 atom stereocenters. The number of allylic oxidation sites excluding steroid dienone is 2. The zero-order valence-electron chi connectivity index (χ0n) is 14.2. The van der Waals surface area contributed by atoms with Crippen molar-refractivity contribution in [3.05, 3.63) is 49.4 Å². The van der Waals surface area contributed by atoms with E-state index < -0.39 is 11.9 Å². The van der Waals surface area contributed by atoms with E-state index >= 15 is 0 Å². The second-order valence-corrected chi connectivity index (χ2v) is 7.58. The van der Waals surface area contributed by atoms with Crippen molar-refractivity contribution in [3.8, 4) is 0 Å². The molecule has 144 valence electrons. The summed E-state index contributed by atoms with van der Waals surface area (Å²) in [5.41, 5.74) is 3.17. The maximum atomic E-state index is 11.9. The van der Waals surface area contributed by atoms with Gasteiger partial charge in [0, 0.05) is 27.9 Å². The number of aromatic nitrogens is 3. The lowest BCUT2D eigenvalue weighted by Crippen LogP contribution is -2.16. The molecule has 1 aliphatic rings. The lowest BCUT2D eigenvalue weighted by Gasteiger charge is -2.05. The molecule has 0 unspecified atom stereocenters. The molecule has 2 N–H and O–H groups in total. The third kappa shape index (κ3) is 7.28. The molecular weight excluding hydrogens is 430 g/mol. The van der Waals surface area contributed by atoms with Crippen molar-refractivity contribution < 1.29 is 13.2 Å². The van der Waals surface area contributed by atoms with E-state index in [0.717, 1.165) is 11.1 Å². The van der Waals surface area contributed by atoms with Crippen molar-refractivity contribution in [2.24, 2.45) is 0 Å². The topological polar surface area (TPSA) is 62.7 Å². The Kier molecular flexibility index (Phi) is 9.11. The SMILES string of the molecule is CC1=C(C)SNN1.Cc1nccnc1C(F)(F)F.Cc1snc(Cl)c1Cl. The molecule has 0 aromatic carbocycles. The minimum absolute atomic E-state index is 0.0972. The van der Waals surface area contributed by atoms with Crippen LogP contribution in [-0.2, 0) is 6.18 Å². The minimum atomic E-state index is -4.39. The van der Waals surface area contributed by atoms with Gasteiger partial charge in [-0.1, -0.05) is 23.2 Å². The van der Waals surface area contributed by atoms with Crippen molar-refractivity contribution in [1.82, 2.24) is 24.6 Å². The predicted octanol–water partition coefficient (Wildman–Crippen LogP) is 5.56. The Hall–Kier alpha value is -1.07. The number of alkyl halides is 3. The number of nitrogens with zero attached hydrogens (tertiary/aromatic N) is 3. The van der Waals surface area contributed by atoms with Crippen LogP contribution in [0.2, 0.25) is 10.2 Å². The molecule has 3 rings (SSSR count). The van der Waals surface area contributed by atoms with Gasteiger partial charge < -0.3 is 5.43 Å². The Morgan fingerprint density at radius 1 is 1.04 bits per heavy atom. The van der Waals surface area contributed by atoms with E-state index in [-0.39, 0.29) is 5.69 Å². The highest BCUT2D eigenvalue weighted by molar-refractivity contribution is 8.01. The van der Waals surface area contributed by atoms with Gasteiger partial charge >= 0.3 is 6.18 Å². The largest absolute Gasteiger partial charge is 0.435 e. The maximum absolute atomic E-state index is 11.9. The first-order chi connectivity index (χ1) is 12.0. The number of nitrogens with one attached hydrogen (secondary N) is 2. The first kappa shape index (κ1) is 23.0. The van der Waals surface area contributed by atoms with Gasteiger partial charge in [0.05, 0.1) is 10.7 Å². The highest BCUT2D eigenvalue weighted by Crippen LogP contribution is 2.28. The van der Waals surface area contributed by atoms with Gasteiger partial charge in [-0.05, 0) is 51.2 Å². The lowest BCUT2D eigenvalue weighted by atomic mass is 10.3. The average Bonchev–Trinajstić information content (AvgIpc) is 3.08. The highest BCUT2D eigenvalue weighted by Gasteiger charge is 2.34. The molecule has 0 saturated carbocycles. The van der Waals surface area contributed by atoms with E-state index in [9.17, 15) is 13.2 Å². The fourth-order valence-corrected chi connectivity index (χ4v) is 2.91. The molecule has 0 saturated heterocycles. The summed E-state index contributed by atoms with van der Waals surface area (Å²) >= 11 is 14.0. The van der Waals surface area contributed by atoms with Crippen molar-refractivity contribution in [1.29, 1.82) is 0 Å². The fourth-order valence-electron chi connectivity index (χ4n) is 1.36. The Morgan fingerprint density at radius 2 is 1.65 bits per heavy atom. The van der Waals surface area contributed by atoms with Crippen LogP contribution in [0.3, 0.4) is 0 Å². The molecule has 26 heavy (non-hydrogen) atoms. The molecule has 2 aromatic rings. The number of hydrogen-bond acceptors (Lipinski definition) is 7. The Balaban J connectivity index is 0.000000201. The summed E-state index contributed by atoms with van der Waals surface area (Å²) < 4.78 is 39.6. The van der Waals surface area contributed by atoms with Crippen LogP contribution in [0.25, 0.3) is 0 Å². The molecule has 5 nitrogen and oxygen atoms in total. The molecule has 3 heterocycles. The van der Waals surface area contributed by atoms with Crippen molar-refractivity contribution in [2.75, 3.05) is 0 Å². The quantitative estimate of drug-likeness (QED) is 0.517. The maximum Gasteiger partial charge on any atom is 0.435 e. The van der Waals surface area contributed by atoms with Crippen LogP contribution in [0.15, 0.2) is 23.0 Å². The van der Waals surface area contributed by atoms with Crippen LogP contribution in [0.4, 0.5) is 13.2 Å². The molecule has 2 aromatic heterocycles. The number of halogens is 5. The number of hydrazine groups is 1. The van der Waals surface area contributed by atoms with Gasteiger partial charge in [-0.25, -0.2) is 4.98 Å². The van der Waals surface area contributed by atoms with Crippen molar-refractivity contribution >= 4 is 46.7 Å². The highest BCUT2D eigenvalue weighted by atomic mass is 35.5. The third-order valence-electron chi connectivity index (χ3n) is 2.87. The first-order valence-corrected chi connectivity index (χ1v) is 9.36. The summed E-state index contributed by atoms with van der Waals surface area (Å²) in [6.45, 7) is 7.27. The van der Waals surface area contributed by atoms with Crippen LogP contribution in [0.5, 0.6) is 0 Å². The second-order valence-electron chi connectivity index (χ2n) is 4.84. The number of aryl methyl sites for hydroxylation is 2. The molecule has 12 heteroatoms. The minimum Gasteiger partial charge on any atom is -0.315 e. The second kappa shape index (κ2) is 10.3. The molecule has 1 aliphatic heterocycles. The molecule has 0 fully saturated rings. The zero-order valence-corrected chi connectivity index (χ0v) is 17.3. The van der Waals surface area contributed by atoms with Crippen LogP contribution in [-0.4, -0.2) is 14.3 Å². The molecule has 0 aliphatic carbocycles. The van der Waals surface area contributed by atoms with Crippen LogP contribution < -0.4 is 10.3 Å². The van der Waals surface area contributed by atoms with Gasteiger partial charge in [0.2, 0.25) is 0 Å². The molecule has 0 radical (unpaired) electrons. The van der Waals surface area contributed by atoms with Gasteiger partial charge in [-0.15, -0.1) is 0 Å². The summed E-state index contributed by atoms with van der Waals surface area (Å²) in [6, 6.07) is 0. The summed E-state index contributed by atoms with van der Waals surface area (Å²) in [7, 11) is 0. The molecule has 0 spiro atoms. The Bertz CT molecular complexity index is 734. The van der Waals surface area contributed by atoms with E-state index in [2.05, 4.69) is 31.5 Å². The lowest BCUT2D eigenvalue weighted by molar-refractivity contribution is -0.141. The normalized spacial score (nSPS) is 13.4. The van der Waals surface area contributed by atoms with E-state index in [1.54, 1.807) is 11.9 Å². The summed E-state index contributed by atoms with van der Waals surface area (Å²) in [5.74, 6) is 0. The van der Waals surface area contributed by atoms with E-state index in [0.29, 0.717) is 10.2 Å². The first-order valence-electron chi connectivity index (χ1n) is 7.01. The van der Waals surface area contributed by atoms with Crippen LogP contribution in [0.1, 0.15) is 30.1 Å². The molecule has 0 amide bonds. The van der Waals surface area contributed by atoms with Gasteiger partial charge in [0.1, 0.15) is 0 Å². The van der Waals surface area contributed by atoms with Crippen molar-refractivity contribution in [3.63, 3.8) is 0 Å². The Labute approximate surface area is 167 Å². The van der Waals surface area contributed by atoms with Gasteiger partial charge in [-0.2, -0.15) is 22.4 Å². The fraction of sp³-hybridized carbons (Fsp3) is 0.357. The zero-order chi connectivity index (χ0) is 19.9. The summed E-state index contributed by atoms with van der Waals surface area (Å²) in [6.07, 6.45) is -2.14.